The van der Waals surface area contributed by atoms with E-state index in [1.165, 1.54) is 15.7 Å². The smallest absolute Gasteiger partial charge is 0.280 e. The fraction of sp³-hybridized carbons (Fsp3) is 0. The number of hydrogen-bond acceptors (Lipinski definition) is 5. The molecule has 19 heavy (non-hydrogen) atoms. The lowest BCUT2D eigenvalue weighted by atomic mass is 10.1. The van der Waals surface area contributed by atoms with Crippen molar-refractivity contribution in [1.82, 2.24) is 3.71 Å². The molecule has 9 heteroatoms. The molecule has 1 heterocycles. The van der Waals surface area contributed by atoms with E-state index < -0.39 is 0 Å². The Morgan fingerprint density at radius 3 is 2.79 bits per heavy atom. The minimum absolute atomic E-state index is 0.195. The van der Waals surface area contributed by atoms with Gasteiger partial charge in [-0.15, -0.1) is 0 Å². The highest BCUT2D eigenvalue weighted by atomic mass is 79.9. The van der Waals surface area contributed by atoms with E-state index in [0.717, 1.165) is 12.2 Å². The van der Waals surface area contributed by atoms with Crippen LogP contribution in [0.5, 0.6) is 5.75 Å². The van der Waals surface area contributed by atoms with Crippen LogP contribution in [-0.4, -0.2) is 9.62 Å². The van der Waals surface area contributed by atoms with Crippen LogP contribution < -0.4 is 4.18 Å². The van der Waals surface area contributed by atoms with Gasteiger partial charge in [0.1, 0.15) is 0 Å². The maximum atomic E-state index is 12.2. The zero-order valence-corrected chi connectivity index (χ0v) is 15.3. The van der Waals surface area contributed by atoms with Crippen LogP contribution >= 0.6 is 72.0 Å². The third kappa shape index (κ3) is 3.49. The first-order valence-electron chi connectivity index (χ1n) is 4.65. The molecule has 4 nitrogen and oxygen atoms in total. The van der Waals surface area contributed by atoms with Gasteiger partial charge in [-0.1, -0.05) is 0 Å². The number of carbonyl (C=O) groups is 1. The van der Waals surface area contributed by atoms with Gasteiger partial charge in [0.25, 0.3) is 5.91 Å². The average Bonchev–Trinajstić information content (AvgIpc) is 2.41. The van der Waals surface area contributed by atoms with Gasteiger partial charge < -0.3 is 4.18 Å². The van der Waals surface area contributed by atoms with E-state index in [0.29, 0.717) is 24.1 Å². The van der Waals surface area contributed by atoms with Crippen LogP contribution in [0.4, 0.5) is 0 Å². The summed E-state index contributed by atoms with van der Waals surface area (Å²) < 4.78 is 8.20. The summed E-state index contributed by atoms with van der Waals surface area (Å²) >= 11 is 11.9. The molecule has 0 radical (unpaired) electrons. The molecule has 98 valence electrons. The summed E-state index contributed by atoms with van der Waals surface area (Å²) in [7, 11) is 0. The molecular weight excluding hydrogens is 484 g/mol. The molecule has 1 amide bonds. The number of amides is 1. The SMILES string of the molecule is N#Cc1ccc2c(c1)OSN(SC(Br)=C(Br)Br)C2=O. The third-order valence-corrected chi connectivity index (χ3v) is 6.88. The highest BCUT2D eigenvalue weighted by Crippen LogP contribution is 2.43. The lowest BCUT2D eigenvalue weighted by molar-refractivity contribution is 0.0923. The summed E-state index contributed by atoms with van der Waals surface area (Å²) in [6.45, 7) is 0. The Bertz CT molecular complexity index is 611. The molecule has 2 rings (SSSR count). The highest BCUT2D eigenvalue weighted by molar-refractivity contribution is 9.29. The van der Waals surface area contributed by atoms with Gasteiger partial charge in [-0.3, -0.25) is 4.79 Å². The first-order chi connectivity index (χ1) is 9.02. The zero-order valence-electron chi connectivity index (χ0n) is 8.89. The second-order valence-corrected chi connectivity index (χ2v) is 9.00. The molecule has 0 unspecified atom stereocenters. The summed E-state index contributed by atoms with van der Waals surface area (Å²) in [4.78, 5) is 12.2. The van der Waals surface area contributed by atoms with Gasteiger partial charge >= 0.3 is 0 Å². The van der Waals surface area contributed by atoms with Crippen molar-refractivity contribution in [2.45, 2.75) is 0 Å². The van der Waals surface area contributed by atoms with Gasteiger partial charge in [0.15, 0.2) is 18.0 Å². The highest BCUT2D eigenvalue weighted by Gasteiger charge is 2.29. The van der Waals surface area contributed by atoms with Crippen molar-refractivity contribution in [2.24, 2.45) is 0 Å². The number of fused-ring (bicyclic) bond motifs is 1. The lowest BCUT2D eigenvalue weighted by Crippen LogP contribution is -2.23. The normalized spacial score (nSPS) is 13.4. The van der Waals surface area contributed by atoms with E-state index in [1.807, 2.05) is 6.07 Å². The molecule has 0 bridgehead atoms. The topological polar surface area (TPSA) is 53.3 Å². The van der Waals surface area contributed by atoms with Crippen molar-refractivity contribution in [1.29, 1.82) is 5.26 Å². The maximum absolute atomic E-state index is 12.2. The van der Waals surface area contributed by atoms with Crippen molar-refractivity contribution in [3.8, 4) is 11.8 Å². The molecule has 0 saturated heterocycles. The molecular formula is C10H3Br3N2O2S2. The molecule has 0 aliphatic carbocycles. The maximum Gasteiger partial charge on any atom is 0.280 e. The van der Waals surface area contributed by atoms with Crippen molar-refractivity contribution in [3.05, 3.63) is 36.5 Å². The van der Waals surface area contributed by atoms with E-state index in [1.54, 1.807) is 18.2 Å². The summed E-state index contributed by atoms with van der Waals surface area (Å²) in [5.74, 6) is 0.211. The second kappa shape index (κ2) is 6.54. The van der Waals surface area contributed by atoms with Gasteiger partial charge in [0, 0.05) is 18.0 Å². The monoisotopic (exact) mass is 484 g/mol. The molecule has 0 fully saturated rings. The predicted octanol–water partition coefficient (Wildman–Crippen LogP) is 4.92. The summed E-state index contributed by atoms with van der Waals surface area (Å²) in [5, 5.41) is 8.80. The second-order valence-electron chi connectivity index (χ2n) is 3.17. The first-order valence-corrected chi connectivity index (χ1v) is 8.50. The van der Waals surface area contributed by atoms with Crippen LogP contribution in [-0.2, 0) is 0 Å². The predicted molar refractivity (Wildman–Crippen MR) is 86.9 cm³/mol. The van der Waals surface area contributed by atoms with Gasteiger partial charge in [-0.25, -0.2) is 0 Å². The number of hydrogen-bond donors (Lipinski definition) is 0. The fourth-order valence-corrected chi connectivity index (χ4v) is 3.65. The van der Waals surface area contributed by atoms with E-state index in [4.69, 9.17) is 9.44 Å². The molecule has 1 aliphatic rings. The van der Waals surface area contributed by atoms with Crippen molar-refractivity contribution in [2.75, 3.05) is 0 Å². The third-order valence-electron chi connectivity index (χ3n) is 2.01. The van der Waals surface area contributed by atoms with Gasteiger partial charge in [-0.2, -0.15) is 8.97 Å². The molecule has 0 aromatic heterocycles. The van der Waals surface area contributed by atoms with E-state index in [9.17, 15) is 4.79 Å². The van der Waals surface area contributed by atoms with E-state index in [2.05, 4.69) is 47.8 Å². The molecule has 0 atom stereocenters. The Balaban J connectivity index is 2.26. The Morgan fingerprint density at radius 2 is 2.16 bits per heavy atom. The Labute approximate surface area is 143 Å². The van der Waals surface area contributed by atoms with Crippen LogP contribution in [0.3, 0.4) is 0 Å². The number of rotatable bonds is 2. The van der Waals surface area contributed by atoms with Crippen LogP contribution in [0, 0.1) is 11.3 Å². The minimum atomic E-state index is -0.195. The molecule has 1 aromatic rings. The summed E-state index contributed by atoms with van der Waals surface area (Å²) in [6.07, 6.45) is 0. The molecule has 1 aliphatic heterocycles. The number of halogens is 3. The van der Waals surface area contributed by atoms with E-state index in [-0.39, 0.29) is 5.91 Å². The molecule has 0 spiro atoms. The number of carbonyl (C=O) groups excluding carboxylic acids is 1. The lowest BCUT2D eigenvalue weighted by Gasteiger charge is -2.24. The standard InChI is InChI=1S/C10H3Br3N2O2S2/c11-8(12)9(13)18-15-10(16)6-2-1-5(4-14)3-7(6)17-19-15/h1-3H. The van der Waals surface area contributed by atoms with Crippen LogP contribution in [0.25, 0.3) is 0 Å². The number of nitrogens with zero attached hydrogens (tertiary/aromatic N) is 2. The summed E-state index contributed by atoms with van der Waals surface area (Å²) in [6, 6.07) is 6.73. The first kappa shape index (κ1) is 15.3. The van der Waals surface area contributed by atoms with Crippen LogP contribution in [0.2, 0.25) is 0 Å². The van der Waals surface area contributed by atoms with Crippen molar-refractivity contribution < 1.29 is 8.98 Å². The fourth-order valence-electron chi connectivity index (χ4n) is 1.21. The molecule has 0 N–H and O–H groups in total. The summed E-state index contributed by atoms with van der Waals surface area (Å²) in [5.41, 5.74) is 0.883. The number of benzene rings is 1. The quantitative estimate of drug-likeness (QED) is 0.439. The van der Waals surface area contributed by atoms with Crippen LogP contribution in [0.1, 0.15) is 15.9 Å². The van der Waals surface area contributed by atoms with E-state index >= 15 is 0 Å². The largest absolute Gasteiger partial charge is 0.404 e. The average molecular weight is 487 g/mol. The van der Waals surface area contributed by atoms with Gasteiger partial charge in [0.2, 0.25) is 0 Å². The minimum Gasteiger partial charge on any atom is -0.404 e. The van der Waals surface area contributed by atoms with Crippen molar-refractivity contribution >= 4 is 77.9 Å². The van der Waals surface area contributed by atoms with Crippen LogP contribution in [0.15, 0.2) is 25.4 Å². The molecule has 0 saturated carbocycles. The molecule has 1 aromatic carbocycles. The van der Waals surface area contributed by atoms with Crippen molar-refractivity contribution in [3.63, 3.8) is 0 Å². The Kier molecular flexibility index (Phi) is 5.25. The zero-order chi connectivity index (χ0) is 14.0. The number of nitriles is 1. The van der Waals surface area contributed by atoms with Gasteiger partial charge in [0.05, 0.1) is 24.4 Å². The Morgan fingerprint density at radius 1 is 1.42 bits per heavy atom. The Hall–Kier alpha value is -0.140. The van der Waals surface area contributed by atoms with Gasteiger partial charge in [-0.05, 0) is 59.9 Å².